The molecule has 3 fully saturated rings. The molecule has 7 nitrogen and oxygen atoms in total. The topological polar surface area (TPSA) is 124 Å². The third-order valence-corrected chi connectivity index (χ3v) is 9.82. The molecule has 0 aromatic carbocycles. The predicted molar refractivity (Wildman–Crippen MR) is 121 cm³/mol. The van der Waals surface area contributed by atoms with Crippen LogP contribution in [0.3, 0.4) is 0 Å². The first-order valence-electron chi connectivity index (χ1n) is 12.6. The van der Waals surface area contributed by atoms with Gasteiger partial charge in [0.15, 0.2) is 0 Å². The zero-order valence-corrected chi connectivity index (χ0v) is 20.5. The van der Waals surface area contributed by atoms with Crippen molar-refractivity contribution >= 4 is 11.8 Å². The van der Waals surface area contributed by atoms with Gasteiger partial charge in [0, 0.05) is 43.2 Å². The lowest BCUT2D eigenvalue weighted by atomic mass is 9.43. The van der Waals surface area contributed by atoms with Crippen LogP contribution < -0.4 is 11.1 Å². The Morgan fingerprint density at radius 3 is 2.66 bits per heavy atom. The van der Waals surface area contributed by atoms with Gasteiger partial charge >= 0.3 is 5.97 Å². The summed E-state index contributed by atoms with van der Waals surface area (Å²) in [7, 11) is 0. The molecule has 0 radical (unpaired) electrons. The van der Waals surface area contributed by atoms with E-state index >= 15 is 0 Å². The summed E-state index contributed by atoms with van der Waals surface area (Å²) in [6.07, 6.45) is 4.28. The summed E-state index contributed by atoms with van der Waals surface area (Å²) >= 11 is 0. The molecule has 0 aliphatic heterocycles. The van der Waals surface area contributed by atoms with E-state index in [1.165, 1.54) is 0 Å². The summed E-state index contributed by atoms with van der Waals surface area (Å²) in [4.78, 5) is 25.8. The van der Waals surface area contributed by atoms with Gasteiger partial charge in [0.05, 0.1) is 12.6 Å². The number of rotatable bonds is 8. The molecule has 6 N–H and O–H groups in total. The largest absolute Gasteiger partial charge is 0.460 e. The number of Topliss-reactive ketones (excluding diaryl/α,β-unsaturated/α-hetero) is 1. The highest BCUT2D eigenvalue weighted by Gasteiger charge is 2.69. The standard InChI is InChI=1S/C25H44N2O5/c1-5-23(3)13-19(32-20(30)15-28)24(4)16(2)7-9-25(10-8-18(29)21(24)25)17(22(23)31)14-27-12-6-11-26/h16-17,19,21-22,27-28,31H,5-15,26H2,1-4H3/p+1/t16-,17-,19-,21?,22+,23+,24+,25+/m1/s1. The Bertz CT molecular complexity index is 702. The van der Waals surface area contributed by atoms with Crippen molar-refractivity contribution in [2.75, 3.05) is 26.2 Å². The minimum Gasteiger partial charge on any atom is -0.460 e. The zero-order valence-electron chi connectivity index (χ0n) is 20.5. The number of aliphatic hydroxyl groups excluding tert-OH is 2. The van der Waals surface area contributed by atoms with Crippen LogP contribution in [0.5, 0.6) is 0 Å². The number of hydrogen-bond acceptors (Lipinski definition) is 6. The van der Waals surface area contributed by atoms with Crippen LogP contribution in [-0.4, -0.2) is 60.4 Å². The minimum absolute atomic E-state index is 0.0324. The minimum atomic E-state index is -0.672. The molecule has 0 saturated heterocycles. The summed E-state index contributed by atoms with van der Waals surface area (Å²) in [5, 5.41) is 24.9. The lowest BCUT2D eigenvalue weighted by Gasteiger charge is -2.62. The zero-order chi connectivity index (χ0) is 23.7. The third-order valence-electron chi connectivity index (χ3n) is 9.82. The molecule has 0 aromatic rings. The fourth-order valence-electron chi connectivity index (χ4n) is 7.47. The predicted octanol–water partition coefficient (Wildman–Crippen LogP) is 1.31. The van der Waals surface area contributed by atoms with Crippen LogP contribution in [0, 0.1) is 34.0 Å². The van der Waals surface area contributed by atoms with Gasteiger partial charge in [0.2, 0.25) is 0 Å². The van der Waals surface area contributed by atoms with Crippen LogP contribution in [-0.2, 0) is 14.3 Å². The molecule has 0 aromatic heterocycles. The van der Waals surface area contributed by atoms with Crippen molar-refractivity contribution < 1.29 is 30.3 Å². The van der Waals surface area contributed by atoms with Gasteiger partial charge in [0.25, 0.3) is 0 Å². The molecule has 0 spiro atoms. The van der Waals surface area contributed by atoms with Gasteiger partial charge in [-0.15, -0.1) is 0 Å². The summed E-state index contributed by atoms with van der Waals surface area (Å²) < 4.78 is 5.91. The Morgan fingerprint density at radius 2 is 2.03 bits per heavy atom. The molecule has 0 amide bonds. The number of carbonyl (C=O) groups is 2. The number of carbonyl (C=O) groups excluding carboxylic acids is 2. The van der Waals surface area contributed by atoms with Crippen molar-refractivity contribution in [1.82, 2.24) is 5.32 Å². The first-order valence-corrected chi connectivity index (χ1v) is 12.6. The molecule has 7 heteroatoms. The lowest BCUT2D eigenvalue weighted by Crippen LogP contribution is -2.65. The number of ketones is 1. The maximum Gasteiger partial charge on any atom is 0.332 e. The number of hydrogen-bond donors (Lipinski definition) is 4. The van der Waals surface area contributed by atoms with Gasteiger partial charge in [-0.3, -0.25) is 4.79 Å². The molecule has 184 valence electrons. The van der Waals surface area contributed by atoms with Crippen LogP contribution in [0.15, 0.2) is 0 Å². The molecule has 3 saturated carbocycles. The van der Waals surface area contributed by atoms with E-state index in [9.17, 15) is 19.8 Å². The van der Waals surface area contributed by atoms with E-state index in [0.29, 0.717) is 19.4 Å². The van der Waals surface area contributed by atoms with Gasteiger partial charge in [0.1, 0.15) is 18.5 Å². The maximum absolute atomic E-state index is 13.5. The molecule has 3 aliphatic rings. The van der Waals surface area contributed by atoms with E-state index in [0.717, 1.165) is 45.2 Å². The van der Waals surface area contributed by atoms with Crippen LogP contribution in [0.2, 0.25) is 0 Å². The van der Waals surface area contributed by atoms with Gasteiger partial charge in [-0.2, -0.15) is 0 Å². The van der Waals surface area contributed by atoms with E-state index in [4.69, 9.17) is 4.74 Å². The van der Waals surface area contributed by atoms with Crippen molar-refractivity contribution in [2.24, 2.45) is 34.0 Å². The maximum atomic E-state index is 13.5. The van der Waals surface area contributed by atoms with E-state index in [1.54, 1.807) is 0 Å². The van der Waals surface area contributed by atoms with Crippen molar-refractivity contribution in [3.05, 3.63) is 0 Å². The van der Waals surface area contributed by atoms with Crippen molar-refractivity contribution in [2.45, 2.75) is 84.8 Å². The summed E-state index contributed by atoms with van der Waals surface area (Å²) in [5.41, 5.74) is 2.66. The Balaban J connectivity index is 2.12. The van der Waals surface area contributed by atoms with Crippen molar-refractivity contribution in [1.29, 1.82) is 0 Å². The van der Waals surface area contributed by atoms with E-state index in [2.05, 4.69) is 38.7 Å². The second-order valence-corrected chi connectivity index (χ2v) is 11.2. The molecular weight excluding hydrogens is 408 g/mol. The second kappa shape index (κ2) is 9.69. The van der Waals surface area contributed by atoms with Gasteiger partial charge in [-0.25, -0.2) is 4.79 Å². The summed E-state index contributed by atoms with van der Waals surface area (Å²) in [5.74, 6) is -0.472. The molecule has 3 aliphatic carbocycles. The third kappa shape index (κ3) is 4.04. The highest BCUT2D eigenvalue weighted by atomic mass is 16.6. The summed E-state index contributed by atoms with van der Waals surface area (Å²) in [6, 6.07) is 0. The SMILES string of the molecule is CC[C@@]1(C)C[C@@H](OC(=O)CO)[C@@]2(C)C3C(=O)CC[C@@]3(CC[C@H]2C)[C@H](CNCCC[NH3+])[C@@H]1O. The van der Waals surface area contributed by atoms with Crippen LogP contribution in [0.1, 0.15) is 72.6 Å². The van der Waals surface area contributed by atoms with Crippen LogP contribution in [0.25, 0.3) is 0 Å². The molecule has 0 heterocycles. The first kappa shape index (κ1) is 25.6. The Hall–Kier alpha value is -1.02. The fraction of sp³-hybridized carbons (Fsp3) is 0.920. The monoisotopic (exact) mass is 453 g/mol. The quantitative estimate of drug-likeness (QED) is 0.325. The average molecular weight is 454 g/mol. The van der Waals surface area contributed by atoms with Crippen molar-refractivity contribution in [3.8, 4) is 0 Å². The second-order valence-electron chi connectivity index (χ2n) is 11.2. The fourth-order valence-corrected chi connectivity index (χ4v) is 7.47. The highest BCUT2D eigenvalue weighted by Crippen LogP contribution is 2.68. The van der Waals surface area contributed by atoms with Crippen LogP contribution in [0.4, 0.5) is 0 Å². The first-order chi connectivity index (χ1) is 15.1. The molecule has 2 bridgehead atoms. The average Bonchev–Trinajstić information content (AvgIpc) is 3.12. The Kier molecular flexibility index (Phi) is 7.75. The van der Waals surface area contributed by atoms with E-state index in [-0.39, 0.29) is 29.0 Å². The molecule has 32 heavy (non-hydrogen) atoms. The Morgan fingerprint density at radius 1 is 1.31 bits per heavy atom. The number of nitrogens with one attached hydrogen (secondary N) is 1. The smallest absolute Gasteiger partial charge is 0.332 e. The van der Waals surface area contributed by atoms with E-state index in [1.807, 2.05) is 0 Å². The number of esters is 1. The highest BCUT2D eigenvalue weighted by molar-refractivity contribution is 5.85. The number of aliphatic hydroxyl groups is 2. The summed E-state index contributed by atoms with van der Waals surface area (Å²) in [6.45, 7) is 10.2. The normalized spacial score (nSPS) is 44.0. The van der Waals surface area contributed by atoms with Crippen LogP contribution >= 0.6 is 0 Å². The molecular formula is C25H45N2O5+. The van der Waals surface area contributed by atoms with Gasteiger partial charge in [-0.05, 0) is 48.9 Å². The van der Waals surface area contributed by atoms with Crippen molar-refractivity contribution in [3.63, 3.8) is 0 Å². The molecule has 8 atom stereocenters. The lowest BCUT2D eigenvalue weighted by molar-refractivity contribution is -0.367. The molecule has 3 rings (SSSR count). The van der Waals surface area contributed by atoms with E-state index < -0.39 is 35.6 Å². The number of quaternary nitrogens is 1. The van der Waals surface area contributed by atoms with Gasteiger partial charge in [-0.1, -0.05) is 27.7 Å². The number of ether oxygens (including phenoxy) is 1. The van der Waals surface area contributed by atoms with Gasteiger partial charge < -0.3 is 26.0 Å². The Labute approximate surface area is 192 Å². The molecule has 1 unspecified atom stereocenters.